The predicted molar refractivity (Wildman–Crippen MR) is 54.8 cm³/mol. The Labute approximate surface area is 84.8 Å². The zero-order chi connectivity index (χ0) is 10.0. The quantitative estimate of drug-likeness (QED) is 0.638. The molecule has 1 saturated heterocycles. The van der Waals surface area contributed by atoms with Crippen molar-refractivity contribution in [2.24, 2.45) is 5.73 Å². The molecule has 1 aliphatic heterocycles. The van der Waals surface area contributed by atoms with Crippen LogP contribution in [0.5, 0.6) is 0 Å². The van der Waals surface area contributed by atoms with Crippen LogP contribution in [0.2, 0.25) is 0 Å². The fourth-order valence-electron chi connectivity index (χ4n) is 1.85. The van der Waals surface area contributed by atoms with Gasteiger partial charge in [-0.15, -0.1) is 0 Å². The van der Waals surface area contributed by atoms with E-state index in [1.807, 2.05) is 4.90 Å². The lowest BCUT2D eigenvalue weighted by molar-refractivity contribution is -0.131. The highest BCUT2D eigenvalue weighted by Crippen LogP contribution is 2.35. The number of hydrogen-bond acceptors (Lipinski definition) is 3. The summed E-state index contributed by atoms with van der Waals surface area (Å²) < 4.78 is 0. The van der Waals surface area contributed by atoms with Crippen LogP contribution >= 0.6 is 0 Å². The molecule has 1 heterocycles. The summed E-state index contributed by atoms with van der Waals surface area (Å²) in [6.07, 6.45) is 3.64. The first-order valence-electron chi connectivity index (χ1n) is 5.47. The first-order valence-corrected chi connectivity index (χ1v) is 5.47. The minimum Gasteiger partial charge on any atom is -0.341 e. The molecule has 0 bridgehead atoms. The Balaban J connectivity index is 1.83. The van der Waals surface area contributed by atoms with Crippen LogP contribution in [0.1, 0.15) is 25.7 Å². The molecule has 1 amide bonds. The van der Waals surface area contributed by atoms with Gasteiger partial charge in [-0.3, -0.25) is 4.79 Å². The number of nitrogens with two attached hydrogens (primary N) is 1. The van der Waals surface area contributed by atoms with E-state index >= 15 is 0 Å². The Kier molecular flexibility index (Phi) is 2.74. The minimum absolute atomic E-state index is 0.142. The topological polar surface area (TPSA) is 58.4 Å². The average Bonchev–Trinajstić information content (AvgIpc) is 2.89. The molecule has 4 nitrogen and oxygen atoms in total. The fraction of sp³-hybridized carbons (Fsp3) is 0.900. The van der Waals surface area contributed by atoms with Gasteiger partial charge in [0.2, 0.25) is 5.91 Å². The summed E-state index contributed by atoms with van der Waals surface area (Å²) in [5, 5.41) is 3.29. The number of amides is 1. The molecule has 0 atom stereocenters. The van der Waals surface area contributed by atoms with Gasteiger partial charge in [0.05, 0.1) is 0 Å². The van der Waals surface area contributed by atoms with Crippen molar-refractivity contribution in [1.29, 1.82) is 0 Å². The van der Waals surface area contributed by atoms with E-state index in [4.69, 9.17) is 5.73 Å². The highest BCUT2D eigenvalue weighted by Gasteiger charge is 2.41. The van der Waals surface area contributed by atoms with E-state index in [0.29, 0.717) is 6.42 Å². The zero-order valence-corrected chi connectivity index (χ0v) is 8.59. The van der Waals surface area contributed by atoms with Gasteiger partial charge in [0.25, 0.3) is 0 Å². The van der Waals surface area contributed by atoms with E-state index in [-0.39, 0.29) is 11.4 Å². The van der Waals surface area contributed by atoms with Gasteiger partial charge in [-0.05, 0) is 25.8 Å². The summed E-state index contributed by atoms with van der Waals surface area (Å²) in [6, 6.07) is 0. The molecule has 14 heavy (non-hydrogen) atoms. The normalized spacial score (nSPS) is 25.6. The van der Waals surface area contributed by atoms with Crippen molar-refractivity contribution in [1.82, 2.24) is 10.2 Å². The van der Waals surface area contributed by atoms with E-state index in [2.05, 4.69) is 5.32 Å². The Morgan fingerprint density at radius 2 is 2.14 bits per heavy atom. The van der Waals surface area contributed by atoms with Crippen molar-refractivity contribution < 1.29 is 4.79 Å². The van der Waals surface area contributed by atoms with Gasteiger partial charge < -0.3 is 16.0 Å². The molecule has 4 heteroatoms. The largest absolute Gasteiger partial charge is 0.341 e. The maximum absolute atomic E-state index is 11.8. The van der Waals surface area contributed by atoms with Gasteiger partial charge in [-0.1, -0.05) is 0 Å². The number of carbonyl (C=O) groups is 1. The number of nitrogens with one attached hydrogen (secondary N) is 1. The van der Waals surface area contributed by atoms with Gasteiger partial charge in [-0.2, -0.15) is 0 Å². The molecule has 0 radical (unpaired) electrons. The molecule has 2 fully saturated rings. The van der Waals surface area contributed by atoms with E-state index in [1.165, 1.54) is 0 Å². The molecule has 0 aromatic rings. The van der Waals surface area contributed by atoms with E-state index < -0.39 is 0 Å². The molecular weight excluding hydrogens is 178 g/mol. The molecule has 80 valence electrons. The van der Waals surface area contributed by atoms with Crippen LogP contribution in [0.15, 0.2) is 0 Å². The summed E-state index contributed by atoms with van der Waals surface area (Å²) >= 11 is 0. The lowest BCUT2D eigenvalue weighted by Gasteiger charge is -2.21. The van der Waals surface area contributed by atoms with Crippen LogP contribution in [0.3, 0.4) is 0 Å². The van der Waals surface area contributed by atoms with Crippen LogP contribution in [-0.2, 0) is 4.79 Å². The summed E-state index contributed by atoms with van der Waals surface area (Å²) in [4.78, 5) is 13.8. The Bertz CT molecular complexity index is 217. The number of carbonyl (C=O) groups excluding carboxylic acids is 1. The third-order valence-corrected chi connectivity index (χ3v) is 3.09. The van der Waals surface area contributed by atoms with Crippen LogP contribution in [0.25, 0.3) is 0 Å². The number of hydrogen-bond donors (Lipinski definition) is 2. The van der Waals surface area contributed by atoms with Crippen LogP contribution in [0.4, 0.5) is 0 Å². The second-order valence-corrected chi connectivity index (χ2v) is 4.52. The summed E-state index contributed by atoms with van der Waals surface area (Å²) in [5.41, 5.74) is 5.79. The van der Waals surface area contributed by atoms with Crippen molar-refractivity contribution >= 4 is 5.91 Å². The molecule has 0 aromatic carbocycles. The smallest absolute Gasteiger partial charge is 0.224 e. The molecule has 1 aliphatic carbocycles. The van der Waals surface area contributed by atoms with Gasteiger partial charge in [0, 0.05) is 31.6 Å². The maximum atomic E-state index is 11.8. The third kappa shape index (κ3) is 2.45. The number of nitrogens with zero attached hydrogens (tertiary/aromatic N) is 1. The number of rotatable bonds is 2. The highest BCUT2D eigenvalue weighted by atomic mass is 16.2. The van der Waals surface area contributed by atoms with Crippen LogP contribution < -0.4 is 11.1 Å². The van der Waals surface area contributed by atoms with E-state index in [9.17, 15) is 4.79 Å². The predicted octanol–water partition coefficient (Wildman–Crippen LogP) is -0.310. The van der Waals surface area contributed by atoms with E-state index in [0.717, 1.165) is 45.4 Å². The Morgan fingerprint density at radius 3 is 2.86 bits per heavy atom. The zero-order valence-electron chi connectivity index (χ0n) is 8.59. The SMILES string of the molecule is NC1(CC(=O)N2CCCNCC2)CC1. The van der Waals surface area contributed by atoms with Crippen molar-refractivity contribution in [2.75, 3.05) is 26.2 Å². The van der Waals surface area contributed by atoms with Crippen molar-refractivity contribution in [3.05, 3.63) is 0 Å². The maximum Gasteiger partial charge on any atom is 0.224 e. The van der Waals surface area contributed by atoms with Crippen molar-refractivity contribution in [3.63, 3.8) is 0 Å². The minimum atomic E-state index is -0.142. The fourth-order valence-corrected chi connectivity index (χ4v) is 1.85. The monoisotopic (exact) mass is 197 g/mol. The van der Waals surface area contributed by atoms with Crippen molar-refractivity contribution in [2.45, 2.75) is 31.2 Å². The lowest BCUT2D eigenvalue weighted by Crippen LogP contribution is -2.38. The van der Waals surface area contributed by atoms with Gasteiger partial charge in [-0.25, -0.2) is 0 Å². The molecule has 1 saturated carbocycles. The van der Waals surface area contributed by atoms with Crippen LogP contribution in [-0.4, -0.2) is 42.5 Å². The second-order valence-electron chi connectivity index (χ2n) is 4.52. The van der Waals surface area contributed by atoms with Crippen LogP contribution in [0, 0.1) is 0 Å². The molecule has 0 aromatic heterocycles. The Morgan fingerprint density at radius 1 is 1.36 bits per heavy atom. The van der Waals surface area contributed by atoms with Gasteiger partial charge in [0.1, 0.15) is 0 Å². The summed E-state index contributed by atoms with van der Waals surface area (Å²) in [5.74, 6) is 0.244. The van der Waals surface area contributed by atoms with Gasteiger partial charge in [0.15, 0.2) is 0 Å². The standard InChI is InChI=1S/C10H19N3O/c11-10(2-3-10)8-9(14)13-6-1-4-12-5-7-13/h12H,1-8,11H2. The first-order chi connectivity index (χ1) is 6.70. The average molecular weight is 197 g/mol. The lowest BCUT2D eigenvalue weighted by atomic mass is 10.1. The highest BCUT2D eigenvalue weighted by molar-refractivity contribution is 5.78. The third-order valence-electron chi connectivity index (χ3n) is 3.09. The van der Waals surface area contributed by atoms with Crippen molar-refractivity contribution in [3.8, 4) is 0 Å². The molecule has 3 N–H and O–H groups in total. The molecular formula is C10H19N3O. The van der Waals surface area contributed by atoms with Gasteiger partial charge >= 0.3 is 0 Å². The molecule has 2 aliphatic rings. The summed E-state index contributed by atoms with van der Waals surface area (Å²) in [6.45, 7) is 3.68. The molecule has 0 spiro atoms. The Hall–Kier alpha value is -0.610. The first kappa shape index (κ1) is 9.93. The molecule has 0 unspecified atom stereocenters. The van der Waals surface area contributed by atoms with E-state index in [1.54, 1.807) is 0 Å². The molecule has 2 rings (SSSR count). The summed E-state index contributed by atoms with van der Waals surface area (Å²) in [7, 11) is 0. The second kappa shape index (κ2) is 3.87.